The quantitative estimate of drug-likeness (QED) is 0.778. The number of halogens is 1. The van der Waals surface area contributed by atoms with Crippen LogP contribution in [0.5, 0.6) is 5.75 Å². The Bertz CT molecular complexity index is 568. The third-order valence-corrected chi connectivity index (χ3v) is 3.95. The summed E-state index contributed by atoms with van der Waals surface area (Å²) in [4.78, 5) is 0. The van der Waals surface area contributed by atoms with Crippen LogP contribution >= 0.6 is 11.6 Å². The van der Waals surface area contributed by atoms with Gasteiger partial charge in [-0.05, 0) is 30.2 Å². The normalized spacial score (nSPS) is 12.1. The van der Waals surface area contributed by atoms with Crippen LogP contribution < -0.4 is 10.1 Å². The molecule has 0 aliphatic rings. The molecule has 0 amide bonds. The van der Waals surface area contributed by atoms with Crippen molar-refractivity contribution in [2.24, 2.45) is 0 Å². The highest BCUT2D eigenvalue weighted by atomic mass is 35.5. The van der Waals surface area contributed by atoms with Gasteiger partial charge in [-0.15, -0.1) is 0 Å². The molecule has 2 aromatic rings. The second-order valence-electron chi connectivity index (χ2n) is 5.19. The Morgan fingerprint density at radius 3 is 2.50 bits per heavy atom. The molecule has 2 aromatic carbocycles. The Morgan fingerprint density at radius 1 is 1.14 bits per heavy atom. The van der Waals surface area contributed by atoms with Crippen LogP contribution in [0.1, 0.15) is 24.5 Å². The van der Waals surface area contributed by atoms with E-state index in [0.717, 1.165) is 34.9 Å². The first-order valence-corrected chi connectivity index (χ1v) is 7.90. The fourth-order valence-corrected chi connectivity index (χ4v) is 2.27. The summed E-state index contributed by atoms with van der Waals surface area (Å²) < 4.78 is 5.75. The molecule has 22 heavy (non-hydrogen) atoms. The molecule has 118 valence electrons. The fourth-order valence-electron chi connectivity index (χ4n) is 2.08. The molecule has 0 radical (unpaired) electrons. The molecule has 0 saturated heterocycles. The maximum absolute atomic E-state index is 9.16. The fraction of sp³-hybridized carbons (Fsp3) is 0.333. The lowest BCUT2D eigenvalue weighted by molar-refractivity contribution is 0.238. The smallest absolute Gasteiger partial charge is 0.119 e. The number of aliphatic hydroxyl groups is 1. The number of benzene rings is 2. The van der Waals surface area contributed by atoms with Gasteiger partial charge in [0.2, 0.25) is 0 Å². The Hall–Kier alpha value is -1.55. The maximum Gasteiger partial charge on any atom is 0.119 e. The third-order valence-electron chi connectivity index (χ3n) is 3.58. The maximum atomic E-state index is 9.16. The summed E-state index contributed by atoms with van der Waals surface area (Å²) in [6, 6.07) is 15.8. The number of hydrogen-bond acceptors (Lipinski definition) is 3. The van der Waals surface area contributed by atoms with Crippen LogP contribution in [0, 0.1) is 0 Å². The molecule has 1 atom stereocenters. The summed E-state index contributed by atoms with van der Waals surface area (Å²) in [5, 5.41) is 13.2. The molecule has 3 nitrogen and oxygen atoms in total. The van der Waals surface area contributed by atoms with E-state index in [1.165, 1.54) is 0 Å². The van der Waals surface area contributed by atoms with Crippen LogP contribution in [0.4, 0.5) is 0 Å². The van der Waals surface area contributed by atoms with Gasteiger partial charge >= 0.3 is 0 Å². The monoisotopic (exact) mass is 319 g/mol. The largest absolute Gasteiger partial charge is 0.489 e. The minimum atomic E-state index is 0.149. The van der Waals surface area contributed by atoms with Crippen LogP contribution in [-0.4, -0.2) is 17.8 Å². The van der Waals surface area contributed by atoms with E-state index in [2.05, 4.69) is 12.2 Å². The zero-order chi connectivity index (χ0) is 15.8. The number of ether oxygens (including phenoxy) is 1. The predicted octanol–water partition coefficient (Wildman–Crippen LogP) is 3.78. The van der Waals surface area contributed by atoms with Crippen molar-refractivity contribution in [1.82, 2.24) is 5.32 Å². The first-order valence-electron chi connectivity index (χ1n) is 7.52. The van der Waals surface area contributed by atoms with E-state index >= 15 is 0 Å². The summed E-state index contributed by atoms with van der Waals surface area (Å²) in [5.41, 5.74) is 2.14. The Morgan fingerprint density at radius 2 is 1.86 bits per heavy atom. The highest BCUT2D eigenvalue weighted by molar-refractivity contribution is 6.31. The summed E-state index contributed by atoms with van der Waals surface area (Å²) in [6.45, 7) is 3.42. The van der Waals surface area contributed by atoms with Gasteiger partial charge in [0.1, 0.15) is 12.4 Å². The second kappa shape index (κ2) is 8.79. The van der Waals surface area contributed by atoms with Crippen LogP contribution in [0.2, 0.25) is 5.02 Å². The number of aliphatic hydroxyl groups excluding tert-OH is 1. The van der Waals surface area contributed by atoms with E-state index in [1.807, 2.05) is 48.5 Å². The van der Waals surface area contributed by atoms with Crippen molar-refractivity contribution in [3.8, 4) is 5.75 Å². The molecule has 0 heterocycles. The average Bonchev–Trinajstić information content (AvgIpc) is 2.56. The van der Waals surface area contributed by atoms with Crippen molar-refractivity contribution in [2.75, 3.05) is 6.61 Å². The SMILES string of the molecule is CC[C@H](CO)NCc1ccc(OCc2ccccc2Cl)cc1. The highest BCUT2D eigenvalue weighted by Crippen LogP contribution is 2.19. The van der Waals surface area contributed by atoms with Gasteiger partial charge in [-0.2, -0.15) is 0 Å². The van der Waals surface area contributed by atoms with E-state index in [0.29, 0.717) is 6.61 Å². The molecular weight excluding hydrogens is 298 g/mol. The molecule has 0 unspecified atom stereocenters. The zero-order valence-electron chi connectivity index (χ0n) is 12.8. The Labute approximate surface area is 136 Å². The number of rotatable bonds is 8. The van der Waals surface area contributed by atoms with Crippen LogP contribution in [0.3, 0.4) is 0 Å². The third kappa shape index (κ3) is 5.02. The van der Waals surface area contributed by atoms with E-state index in [-0.39, 0.29) is 12.6 Å². The van der Waals surface area contributed by atoms with Crippen molar-refractivity contribution in [3.05, 3.63) is 64.7 Å². The van der Waals surface area contributed by atoms with Crippen molar-refractivity contribution in [2.45, 2.75) is 32.5 Å². The second-order valence-corrected chi connectivity index (χ2v) is 5.60. The molecule has 0 spiro atoms. The van der Waals surface area contributed by atoms with Gasteiger partial charge < -0.3 is 15.2 Å². The zero-order valence-corrected chi connectivity index (χ0v) is 13.5. The average molecular weight is 320 g/mol. The van der Waals surface area contributed by atoms with Crippen LogP contribution in [-0.2, 0) is 13.2 Å². The number of hydrogen-bond donors (Lipinski definition) is 2. The Balaban J connectivity index is 1.85. The van der Waals surface area contributed by atoms with Gasteiger partial charge in [0, 0.05) is 23.2 Å². The predicted molar refractivity (Wildman–Crippen MR) is 90.2 cm³/mol. The summed E-state index contributed by atoms with van der Waals surface area (Å²) >= 11 is 6.11. The molecule has 2 rings (SSSR count). The van der Waals surface area contributed by atoms with Gasteiger partial charge in [-0.25, -0.2) is 0 Å². The summed E-state index contributed by atoms with van der Waals surface area (Å²) in [6.07, 6.45) is 0.912. The molecule has 4 heteroatoms. The Kier molecular flexibility index (Phi) is 6.72. The van der Waals surface area contributed by atoms with Gasteiger partial charge in [0.15, 0.2) is 0 Å². The van der Waals surface area contributed by atoms with Crippen LogP contribution in [0.25, 0.3) is 0 Å². The molecule has 2 N–H and O–H groups in total. The van der Waals surface area contributed by atoms with Gasteiger partial charge in [0.25, 0.3) is 0 Å². The van der Waals surface area contributed by atoms with E-state index in [1.54, 1.807) is 0 Å². The minimum Gasteiger partial charge on any atom is -0.489 e. The van der Waals surface area contributed by atoms with Gasteiger partial charge in [0.05, 0.1) is 6.61 Å². The highest BCUT2D eigenvalue weighted by Gasteiger charge is 2.04. The van der Waals surface area contributed by atoms with Crippen LogP contribution in [0.15, 0.2) is 48.5 Å². The topological polar surface area (TPSA) is 41.5 Å². The van der Waals surface area contributed by atoms with E-state index in [9.17, 15) is 0 Å². The van der Waals surface area contributed by atoms with E-state index in [4.69, 9.17) is 21.4 Å². The molecule has 0 saturated carbocycles. The van der Waals surface area contributed by atoms with Crippen molar-refractivity contribution >= 4 is 11.6 Å². The summed E-state index contributed by atoms with van der Waals surface area (Å²) in [7, 11) is 0. The summed E-state index contributed by atoms with van der Waals surface area (Å²) in [5.74, 6) is 0.817. The standard InChI is InChI=1S/C18H22ClNO2/c1-2-16(12-21)20-11-14-7-9-17(10-8-14)22-13-15-5-3-4-6-18(15)19/h3-10,16,20-21H,2,11-13H2,1H3/t16-/m1/s1. The first kappa shape index (κ1) is 16.8. The lowest BCUT2D eigenvalue weighted by atomic mass is 10.2. The van der Waals surface area contributed by atoms with E-state index < -0.39 is 0 Å². The first-order chi connectivity index (χ1) is 10.7. The van der Waals surface area contributed by atoms with Crippen molar-refractivity contribution in [1.29, 1.82) is 0 Å². The molecule has 0 aliphatic carbocycles. The lowest BCUT2D eigenvalue weighted by Crippen LogP contribution is -2.31. The molecule has 0 aromatic heterocycles. The molecule has 0 aliphatic heterocycles. The molecular formula is C18H22ClNO2. The van der Waals surface area contributed by atoms with Crippen molar-refractivity contribution in [3.63, 3.8) is 0 Å². The minimum absolute atomic E-state index is 0.149. The van der Waals surface area contributed by atoms with Gasteiger partial charge in [-0.1, -0.05) is 48.9 Å². The number of nitrogens with one attached hydrogen (secondary N) is 1. The van der Waals surface area contributed by atoms with Gasteiger partial charge in [-0.3, -0.25) is 0 Å². The molecule has 0 fully saturated rings. The lowest BCUT2D eigenvalue weighted by Gasteiger charge is -2.14. The molecule has 0 bridgehead atoms. The van der Waals surface area contributed by atoms with Crippen molar-refractivity contribution < 1.29 is 9.84 Å².